The lowest BCUT2D eigenvalue weighted by Crippen LogP contribution is -2.18. The summed E-state index contributed by atoms with van der Waals surface area (Å²) in [5.74, 6) is 0.256. The Morgan fingerprint density at radius 2 is 2.28 bits per heavy atom. The van der Waals surface area contributed by atoms with Crippen molar-refractivity contribution in [2.24, 2.45) is 0 Å². The molecular weight excluding hydrogens is 253 g/mol. The minimum atomic E-state index is -0.256. The molecule has 0 aliphatic heterocycles. The van der Waals surface area contributed by atoms with Gasteiger partial charge in [0.05, 0.1) is 0 Å². The maximum atomic E-state index is 13.9. The molecule has 0 aliphatic carbocycles. The number of halogens is 2. The molecule has 0 aliphatic rings. The Labute approximate surface area is 113 Å². The number of hydrogen-bond donors (Lipinski definition) is 1. The molecule has 100 valence electrons. The lowest BCUT2D eigenvalue weighted by molar-refractivity contribution is 0.349. The highest BCUT2D eigenvalue weighted by Gasteiger charge is 2.10. The van der Waals surface area contributed by atoms with Gasteiger partial charge in [-0.3, -0.25) is 0 Å². The van der Waals surface area contributed by atoms with Gasteiger partial charge in [0.1, 0.15) is 18.2 Å². The van der Waals surface area contributed by atoms with Gasteiger partial charge in [-0.05, 0) is 32.0 Å². The molecule has 0 amide bonds. The molecule has 1 unspecified atom stereocenters. The smallest absolute Gasteiger partial charge is 0.131 e. The van der Waals surface area contributed by atoms with Crippen molar-refractivity contribution in [3.8, 4) is 5.75 Å². The molecule has 4 heteroatoms. The standard InChI is InChI=1S/C14H19ClFNO/c1-4-17-11(3)13-6-5-12(7-14(13)16)18-9-10(2)8-15/h5-8,11,17H,4,9H2,1-3H3/b10-8+. The Balaban J connectivity index is 2.73. The second kappa shape index (κ2) is 7.39. The summed E-state index contributed by atoms with van der Waals surface area (Å²) in [4.78, 5) is 0. The molecule has 0 saturated carbocycles. The van der Waals surface area contributed by atoms with Crippen LogP contribution >= 0.6 is 11.6 Å². The van der Waals surface area contributed by atoms with Crippen LogP contribution in [0.5, 0.6) is 5.75 Å². The Bertz CT molecular complexity index is 420. The third kappa shape index (κ3) is 4.31. The second-order valence-corrected chi connectivity index (χ2v) is 4.43. The van der Waals surface area contributed by atoms with Gasteiger partial charge in [-0.15, -0.1) is 0 Å². The minimum absolute atomic E-state index is 0.00600. The SMILES string of the molecule is CCNC(C)c1ccc(OC/C(C)=C/Cl)cc1F. The number of nitrogens with one attached hydrogen (secondary N) is 1. The van der Waals surface area contributed by atoms with Gasteiger partial charge >= 0.3 is 0 Å². The molecule has 0 heterocycles. The van der Waals surface area contributed by atoms with Gasteiger partial charge in [-0.25, -0.2) is 4.39 Å². The lowest BCUT2D eigenvalue weighted by atomic mass is 10.1. The molecule has 0 aromatic heterocycles. The molecule has 18 heavy (non-hydrogen) atoms. The molecule has 1 atom stereocenters. The molecule has 1 N–H and O–H groups in total. The number of rotatable bonds is 6. The summed E-state index contributed by atoms with van der Waals surface area (Å²) in [6.07, 6.45) is 0. The fourth-order valence-corrected chi connectivity index (χ4v) is 1.66. The maximum Gasteiger partial charge on any atom is 0.131 e. The largest absolute Gasteiger partial charge is 0.489 e. The van der Waals surface area contributed by atoms with Crippen LogP contribution in [0.2, 0.25) is 0 Å². The zero-order chi connectivity index (χ0) is 13.5. The summed E-state index contributed by atoms with van der Waals surface area (Å²) in [6.45, 7) is 6.95. The highest BCUT2D eigenvalue weighted by Crippen LogP contribution is 2.22. The van der Waals surface area contributed by atoms with Gasteiger partial charge in [0.15, 0.2) is 0 Å². The molecular formula is C14H19ClFNO. The molecule has 1 aromatic carbocycles. The van der Waals surface area contributed by atoms with Crippen LogP contribution in [0.15, 0.2) is 29.3 Å². The summed E-state index contributed by atoms with van der Waals surface area (Å²) >= 11 is 5.53. The molecule has 1 aromatic rings. The van der Waals surface area contributed by atoms with E-state index >= 15 is 0 Å². The van der Waals surface area contributed by atoms with Crippen LogP contribution in [0.3, 0.4) is 0 Å². The first kappa shape index (κ1) is 15.0. The van der Waals surface area contributed by atoms with Gasteiger partial charge in [0, 0.05) is 23.2 Å². The molecule has 0 bridgehead atoms. The molecule has 0 fully saturated rings. The molecule has 0 saturated heterocycles. The van der Waals surface area contributed by atoms with E-state index in [9.17, 15) is 4.39 Å². The van der Waals surface area contributed by atoms with E-state index in [-0.39, 0.29) is 11.9 Å². The first-order valence-corrected chi connectivity index (χ1v) is 6.43. The Hall–Kier alpha value is -1.06. The van der Waals surface area contributed by atoms with Crippen molar-refractivity contribution < 1.29 is 9.13 Å². The summed E-state index contributed by atoms with van der Waals surface area (Å²) in [5, 5.41) is 3.17. The fourth-order valence-electron chi connectivity index (χ4n) is 1.59. The van der Waals surface area contributed by atoms with Crippen LogP contribution in [0, 0.1) is 5.82 Å². The fraction of sp³-hybridized carbons (Fsp3) is 0.429. The van der Waals surface area contributed by atoms with E-state index in [1.165, 1.54) is 11.6 Å². The summed E-state index contributed by atoms with van der Waals surface area (Å²) in [5.41, 5.74) is 2.99. The van der Waals surface area contributed by atoms with Crippen molar-refractivity contribution >= 4 is 11.6 Å². The minimum Gasteiger partial charge on any atom is -0.489 e. The predicted octanol–water partition coefficient (Wildman–Crippen LogP) is 4.02. The third-order valence-corrected chi connectivity index (χ3v) is 2.97. The van der Waals surface area contributed by atoms with E-state index in [1.807, 2.05) is 20.8 Å². The molecule has 2 nitrogen and oxygen atoms in total. The van der Waals surface area contributed by atoms with Crippen LogP contribution in [-0.4, -0.2) is 13.2 Å². The zero-order valence-corrected chi connectivity index (χ0v) is 11.7. The Kier molecular flexibility index (Phi) is 6.16. The van der Waals surface area contributed by atoms with Gasteiger partial charge in [-0.1, -0.05) is 24.6 Å². The maximum absolute atomic E-state index is 13.9. The van der Waals surface area contributed by atoms with Gasteiger partial charge < -0.3 is 10.1 Å². The van der Waals surface area contributed by atoms with Gasteiger partial charge in [0.2, 0.25) is 0 Å². The van der Waals surface area contributed by atoms with Crippen LogP contribution in [-0.2, 0) is 0 Å². The summed E-state index contributed by atoms with van der Waals surface area (Å²) < 4.78 is 19.3. The average molecular weight is 272 g/mol. The van der Waals surface area contributed by atoms with Crippen LogP contribution in [0.4, 0.5) is 4.39 Å². The normalized spacial score (nSPS) is 13.5. The molecule has 0 radical (unpaired) electrons. The van der Waals surface area contributed by atoms with Crippen molar-refractivity contribution in [3.63, 3.8) is 0 Å². The van der Waals surface area contributed by atoms with Gasteiger partial charge in [-0.2, -0.15) is 0 Å². The van der Waals surface area contributed by atoms with Crippen molar-refractivity contribution in [2.45, 2.75) is 26.8 Å². The van der Waals surface area contributed by atoms with E-state index in [1.54, 1.807) is 12.1 Å². The van der Waals surface area contributed by atoms with Crippen molar-refractivity contribution in [1.29, 1.82) is 0 Å². The number of hydrogen-bond acceptors (Lipinski definition) is 2. The first-order valence-electron chi connectivity index (χ1n) is 6.00. The Morgan fingerprint density at radius 3 is 2.83 bits per heavy atom. The lowest BCUT2D eigenvalue weighted by Gasteiger charge is -2.14. The summed E-state index contributed by atoms with van der Waals surface area (Å²) in [6, 6.07) is 4.92. The Morgan fingerprint density at radius 1 is 1.56 bits per heavy atom. The average Bonchev–Trinajstić information content (AvgIpc) is 2.36. The topological polar surface area (TPSA) is 21.3 Å². The predicted molar refractivity (Wildman–Crippen MR) is 73.6 cm³/mol. The van der Waals surface area contributed by atoms with E-state index in [0.717, 1.165) is 12.1 Å². The highest BCUT2D eigenvalue weighted by molar-refractivity contribution is 6.25. The third-order valence-electron chi connectivity index (χ3n) is 2.60. The molecule has 0 spiro atoms. The highest BCUT2D eigenvalue weighted by atomic mass is 35.5. The van der Waals surface area contributed by atoms with Crippen LogP contribution < -0.4 is 10.1 Å². The number of benzene rings is 1. The number of ether oxygens (including phenoxy) is 1. The van der Waals surface area contributed by atoms with E-state index in [0.29, 0.717) is 17.9 Å². The molecule has 1 rings (SSSR count). The van der Waals surface area contributed by atoms with E-state index in [4.69, 9.17) is 16.3 Å². The van der Waals surface area contributed by atoms with Crippen LogP contribution in [0.1, 0.15) is 32.4 Å². The summed E-state index contributed by atoms with van der Waals surface area (Å²) in [7, 11) is 0. The van der Waals surface area contributed by atoms with Crippen molar-refractivity contribution in [3.05, 3.63) is 40.7 Å². The van der Waals surface area contributed by atoms with Crippen molar-refractivity contribution in [2.75, 3.05) is 13.2 Å². The van der Waals surface area contributed by atoms with Crippen molar-refractivity contribution in [1.82, 2.24) is 5.32 Å². The van der Waals surface area contributed by atoms with E-state index < -0.39 is 0 Å². The first-order chi connectivity index (χ1) is 8.58. The quantitative estimate of drug-likeness (QED) is 0.844. The van der Waals surface area contributed by atoms with Gasteiger partial charge in [0.25, 0.3) is 0 Å². The van der Waals surface area contributed by atoms with Crippen LogP contribution in [0.25, 0.3) is 0 Å². The second-order valence-electron chi connectivity index (χ2n) is 4.21. The monoisotopic (exact) mass is 271 g/mol. The zero-order valence-electron chi connectivity index (χ0n) is 11.0. The van der Waals surface area contributed by atoms with E-state index in [2.05, 4.69) is 5.32 Å².